The largest absolute Gasteiger partial charge is 0.492 e. The molecule has 4 nitrogen and oxygen atoms in total. The maximum Gasteiger partial charge on any atom is 0.262 e. The highest BCUT2D eigenvalue weighted by Gasteiger charge is 2.16. The van der Waals surface area contributed by atoms with Crippen LogP contribution in [0.3, 0.4) is 0 Å². The molecule has 2 heterocycles. The van der Waals surface area contributed by atoms with Crippen molar-refractivity contribution in [2.45, 2.75) is 20.4 Å². The molecular formula is C22H19BrN2O2S. The van der Waals surface area contributed by atoms with Gasteiger partial charge in [0, 0.05) is 14.9 Å². The third-order valence-electron chi connectivity index (χ3n) is 4.58. The molecule has 28 heavy (non-hydrogen) atoms. The molecule has 0 spiro atoms. The van der Waals surface area contributed by atoms with Crippen LogP contribution in [0.1, 0.15) is 10.4 Å². The first-order chi connectivity index (χ1) is 13.5. The number of rotatable bonds is 5. The molecule has 0 aliphatic rings. The molecule has 0 saturated carbocycles. The van der Waals surface area contributed by atoms with E-state index in [1.165, 1.54) is 0 Å². The molecule has 6 heteroatoms. The quantitative estimate of drug-likeness (QED) is 0.395. The first-order valence-electron chi connectivity index (χ1n) is 8.97. The number of hydrogen-bond donors (Lipinski definition) is 0. The van der Waals surface area contributed by atoms with Crippen LogP contribution >= 0.6 is 27.3 Å². The molecule has 0 saturated heterocycles. The average Bonchev–Trinajstić information content (AvgIpc) is 3.01. The van der Waals surface area contributed by atoms with Gasteiger partial charge >= 0.3 is 0 Å². The Balaban J connectivity index is 1.65. The van der Waals surface area contributed by atoms with Crippen molar-refractivity contribution in [2.75, 3.05) is 6.61 Å². The Labute approximate surface area is 175 Å². The summed E-state index contributed by atoms with van der Waals surface area (Å²) in [6, 6.07) is 15.9. The van der Waals surface area contributed by atoms with E-state index >= 15 is 0 Å². The fourth-order valence-corrected chi connectivity index (χ4v) is 4.50. The number of aromatic nitrogens is 2. The highest BCUT2D eigenvalue weighted by Crippen LogP contribution is 2.35. The Kier molecular flexibility index (Phi) is 5.33. The zero-order chi connectivity index (χ0) is 19.7. The Bertz CT molecular complexity index is 1200. The Morgan fingerprint density at radius 1 is 1.14 bits per heavy atom. The molecule has 0 unspecified atom stereocenters. The summed E-state index contributed by atoms with van der Waals surface area (Å²) >= 11 is 5.02. The monoisotopic (exact) mass is 454 g/mol. The first kappa shape index (κ1) is 18.9. The Morgan fingerprint density at radius 3 is 2.68 bits per heavy atom. The number of hydrogen-bond acceptors (Lipinski definition) is 4. The van der Waals surface area contributed by atoms with E-state index in [2.05, 4.69) is 20.9 Å². The van der Waals surface area contributed by atoms with Crippen LogP contribution in [-0.2, 0) is 6.54 Å². The van der Waals surface area contributed by atoms with Crippen molar-refractivity contribution >= 4 is 37.5 Å². The maximum absolute atomic E-state index is 13.2. The third kappa shape index (κ3) is 3.75. The molecule has 0 radical (unpaired) electrons. The summed E-state index contributed by atoms with van der Waals surface area (Å²) in [5.41, 5.74) is 3.12. The first-order valence-corrected chi connectivity index (χ1v) is 10.6. The van der Waals surface area contributed by atoms with Gasteiger partial charge in [-0.25, -0.2) is 4.98 Å². The van der Waals surface area contributed by atoms with Gasteiger partial charge in [0.1, 0.15) is 17.2 Å². The van der Waals surface area contributed by atoms with Crippen LogP contribution in [0, 0.1) is 13.8 Å². The molecule has 142 valence electrons. The number of halogens is 1. The normalized spacial score (nSPS) is 11.1. The van der Waals surface area contributed by atoms with Crippen molar-refractivity contribution in [3.63, 3.8) is 0 Å². The Hall–Kier alpha value is -2.44. The lowest BCUT2D eigenvalue weighted by atomic mass is 10.0. The second-order valence-electron chi connectivity index (χ2n) is 6.63. The van der Waals surface area contributed by atoms with Crippen molar-refractivity contribution in [3.05, 3.63) is 80.1 Å². The van der Waals surface area contributed by atoms with Crippen molar-refractivity contribution in [1.29, 1.82) is 0 Å². The van der Waals surface area contributed by atoms with Gasteiger partial charge in [-0.05, 0) is 49.2 Å². The molecule has 2 aromatic heterocycles. The van der Waals surface area contributed by atoms with Crippen LogP contribution in [-0.4, -0.2) is 16.2 Å². The predicted octanol–water partition coefficient (Wildman–Crippen LogP) is 5.58. The smallest absolute Gasteiger partial charge is 0.262 e. The molecule has 0 amide bonds. The van der Waals surface area contributed by atoms with Gasteiger partial charge in [-0.15, -0.1) is 11.3 Å². The number of nitrogens with zero attached hydrogens (tertiary/aromatic N) is 2. The van der Waals surface area contributed by atoms with Gasteiger partial charge in [0.15, 0.2) is 0 Å². The third-order valence-corrected chi connectivity index (χ3v) is 6.12. The summed E-state index contributed by atoms with van der Waals surface area (Å²) in [5, 5.41) is 0.683. The molecule has 4 rings (SSSR count). The van der Waals surface area contributed by atoms with Crippen LogP contribution in [0.15, 0.2) is 64.1 Å². The van der Waals surface area contributed by atoms with E-state index in [4.69, 9.17) is 4.74 Å². The topological polar surface area (TPSA) is 44.1 Å². The molecule has 2 aromatic carbocycles. The lowest BCUT2D eigenvalue weighted by molar-refractivity contribution is 0.296. The summed E-state index contributed by atoms with van der Waals surface area (Å²) in [6.45, 7) is 4.92. The molecule has 0 aliphatic carbocycles. The fourth-order valence-electron chi connectivity index (χ4n) is 3.23. The lowest BCUT2D eigenvalue weighted by Gasteiger charge is -2.09. The van der Waals surface area contributed by atoms with Crippen molar-refractivity contribution < 1.29 is 4.74 Å². The molecule has 4 aromatic rings. The van der Waals surface area contributed by atoms with Gasteiger partial charge < -0.3 is 4.74 Å². The number of aryl methyl sites for hydroxylation is 2. The van der Waals surface area contributed by atoms with E-state index in [1.54, 1.807) is 22.2 Å². The number of thiophene rings is 1. The molecule has 0 atom stereocenters. The fraction of sp³-hybridized carbons (Fsp3) is 0.182. The zero-order valence-corrected chi connectivity index (χ0v) is 18.0. The van der Waals surface area contributed by atoms with Gasteiger partial charge in [-0.3, -0.25) is 9.36 Å². The second-order valence-corrected chi connectivity index (χ2v) is 8.75. The minimum Gasteiger partial charge on any atom is -0.492 e. The summed E-state index contributed by atoms with van der Waals surface area (Å²) in [5.74, 6) is 0.809. The van der Waals surface area contributed by atoms with Gasteiger partial charge in [-0.2, -0.15) is 0 Å². The number of fused-ring (bicyclic) bond motifs is 1. The molecule has 0 fully saturated rings. The molecule has 0 aliphatic heterocycles. The average molecular weight is 455 g/mol. The number of ether oxygens (including phenoxy) is 1. The molecule has 0 bridgehead atoms. The maximum atomic E-state index is 13.2. The molecule has 0 N–H and O–H groups in total. The Morgan fingerprint density at radius 2 is 1.93 bits per heavy atom. The van der Waals surface area contributed by atoms with Crippen LogP contribution in [0.5, 0.6) is 5.75 Å². The van der Waals surface area contributed by atoms with Crippen molar-refractivity contribution in [2.24, 2.45) is 0 Å². The van der Waals surface area contributed by atoms with Gasteiger partial charge in [-0.1, -0.05) is 40.2 Å². The van der Waals surface area contributed by atoms with E-state index in [0.717, 1.165) is 36.6 Å². The van der Waals surface area contributed by atoms with E-state index in [0.29, 0.717) is 18.5 Å². The van der Waals surface area contributed by atoms with Crippen molar-refractivity contribution in [1.82, 2.24) is 9.55 Å². The van der Waals surface area contributed by atoms with Crippen LogP contribution in [0.4, 0.5) is 0 Å². The summed E-state index contributed by atoms with van der Waals surface area (Å²) < 4.78 is 8.44. The highest BCUT2D eigenvalue weighted by atomic mass is 79.9. The standard InChI is InChI=1S/C22H19BrN2O2S/c1-14-4-3-5-18(12-14)27-11-10-25-13-24-21-20(22(25)26)19(15(2)28-21)16-6-8-17(23)9-7-16/h3-9,12-13H,10-11H2,1-2H3. The van der Waals surface area contributed by atoms with Crippen LogP contribution < -0.4 is 10.3 Å². The zero-order valence-electron chi connectivity index (χ0n) is 15.6. The van der Waals surface area contributed by atoms with E-state index in [1.807, 2.05) is 62.4 Å². The number of benzene rings is 2. The van der Waals surface area contributed by atoms with Gasteiger partial charge in [0.2, 0.25) is 0 Å². The lowest BCUT2D eigenvalue weighted by Crippen LogP contribution is -2.23. The van der Waals surface area contributed by atoms with E-state index in [9.17, 15) is 4.79 Å². The minimum atomic E-state index is -0.0277. The van der Waals surface area contributed by atoms with E-state index < -0.39 is 0 Å². The van der Waals surface area contributed by atoms with Crippen LogP contribution in [0.2, 0.25) is 0 Å². The summed E-state index contributed by atoms with van der Waals surface area (Å²) in [7, 11) is 0. The summed E-state index contributed by atoms with van der Waals surface area (Å²) in [4.78, 5) is 19.6. The summed E-state index contributed by atoms with van der Waals surface area (Å²) in [6.07, 6.45) is 1.62. The highest BCUT2D eigenvalue weighted by molar-refractivity contribution is 9.10. The van der Waals surface area contributed by atoms with Crippen molar-refractivity contribution in [3.8, 4) is 16.9 Å². The minimum absolute atomic E-state index is 0.0277. The van der Waals surface area contributed by atoms with Crippen LogP contribution in [0.25, 0.3) is 21.3 Å². The molecular weight excluding hydrogens is 436 g/mol. The SMILES string of the molecule is Cc1cccc(OCCn2cnc3sc(C)c(-c4ccc(Br)cc4)c3c2=O)c1. The van der Waals surface area contributed by atoms with E-state index in [-0.39, 0.29) is 5.56 Å². The van der Waals surface area contributed by atoms with Gasteiger partial charge in [0.25, 0.3) is 5.56 Å². The van der Waals surface area contributed by atoms with Gasteiger partial charge in [0.05, 0.1) is 18.3 Å². The second kappa shape index (κ2) is 7.89. The predicted molar refractivity (Wildman–Crippen MR) is 118 cm³/mol.